The van der Waals surface area contributed by atoms with Gasteiger partial charge in [0.25, 0.3) is 0 Å². The Kier molecular flexibility index (Phi) is 4.05. The van der Waals surface area contributed by atoms with Crippen molar-refractivity contribution in [2.45, 2.75) is 50.9 Å². The SMILES string of the molecule is CC(=O)CC1(CC(C)=O)COC2(CCS(=O)(=O)CC2)O1. The van der Waals surface area contributed by atoms with Crippen molar-refractivity contribution in [3.05, 3.63) is 0 Å². The first-order valence-electron chi connectivity index (χ1n) is 6.69. The smallest absolute Gasteiger partial charge is 0.171 e. The van der Waals surface area contributed by atoms with Gasteiger partial charge >= 0.3 is 0 Å². The third-order valence-electron chi connectivity index (χ3n) is 3.73. The number of carbonyl (C=O) groups is 2. The van der Waals surface area contributed by atoms with Gasteiger partial charge in [-0.05, 0) is 13.8 Å². The lowest BCUT2D eigenvalue weighted by Crippen LogP contribution is -2.44. The van der Waals surface area contributed by atoms with Gasteiger partial charge in [0.2, 0.25) is 0 Å². The molecule has 7 heteroatoms. The molecule has 0 aliphatic carbocycles. The molecular formula is C13H20O6S. The Balaban J connectivity index is 2.14. The van der Waals surface area contributed by atoms with E-state index in [0.29, 0.717) is 0 Å². The molecule has 2 saturated heterocycles. The molecule has 2 fully saturated rings. The van der Waals surface area contributed by atoms with E-state index in [2.05, 4.69) is 0 Å². The highest BCUT2D eigenvalue weighted by atomic mass is 32.2. The molecule has 6 nitrogen and oxygen atoms in total. The minimum absolute atomic E-state index is 0.0171. The molecule has 0 saturated carbocycles. The number of Topliss-reactive ketones (excluding diaryl/α,β-unsaturated/α-hetero) is 2. The van der Waals surface area contributed by atoms with Crippen LogP contribution in [0.4, 0.5) is 0 Å². The third-order valence-corrected chi connectivity index (χ3v) is 5.38. The summed E-state index contributed by atoms with van der Waals surface area (Å²) in [7, 11) is -3.02. The van der Waals surface area contributed by atoms with Gasteiger partial charge in [-0.1, -0.05) is 0 Å². The molecule has 20 heavy (non-hydrogen) atoms. The zero-order chi connectivity index (χ0) is 15.0. The molecule has 114 valence electrons. The summed E-state index contributed by atoms with van der Waals surface area (Å²) >= 11 is 0. The van der Waals surface area contributed by atoms with Crippen LogP contribution in [0.15, 0.2) is 0 Å². The van der Waals surface area contributed by atoms with Crippen LogP contribution in [0, 0.1) is 0 Å². The molecule has 0 aromatic heterocycles. The quantitative estimate of drug-likeness (QED) is 0.757. The third kappa shape index (κ3) is 3.45. The highest BCUT2D eigenvalue weighted by Gasteiger charge is 2.53. The molecule has 2 rings (SSSR count). The van der Waals surface area contributed by atoms with Crippen LogP contribution in [-0.2, 0) is 28.9 Å². The maximum atomic E-state index is 11.5. The van der Waals surface area contributed by atoms with Gasteiger partial charge in [-0.3, -0.25) is 9.59 Å². The predicted molar refractivity (Wildman–Crippen MR) is 71.0 cm³/mol. The van der Waals surface area contributed by atoms with Crippen molar-refractivity contribution in [1.82, 2.24) is 0 Å². The Labute approximate surface area is 118 Å². The van der Waals surface area contributed by atoms with Crippen LogP contribution in [0.5, 0.6) is 0 Å². The topological polar surface area (TPSA) is 86.7 Å². The van der Waals surface area contributed by atoms with E-state index in [4.69, 9.17) is 9.47 Å². The van der Waals surface area contributed by atoms with Crippen LogP contribution < -0.4 is 0 Å². The number of carbonyl (C=O) groups excluding carboxylic acids is 2. The van der Waals surface area contributed by atoms with Crippen LogP contribution in [0.1, 0.15) is 39.5 Å². The van der Waals surface area contributed by atoms with Gasteiger partial charge < -0.3 is 9.47 Å². The number of ether oxygens (including phenoxy) is 2. The van der Waals surface area contributed by atoms with Crippen LogP contribution in [0.2, 0.25) is 0 Å². The Morgan fingerprint density at radius 2 is 1.55 bits per heavy atom. The van der Waals surface area contributed by atoms with Gasteiger partial charge in [-0.25, -0.2) is 8.42 Å². The molecule has 0 aromatic carbocycles. The van der Waals surface area contributed by atoms with E-state index >= 15 is 0 Å². The fourth-order valence-electron chi connectivity index (χ4n) is 2.96. The normalized spacial score (nSPS) is 26.5. The first kappa shape index (κ1) is 15.6. The fraction of sp³-hybridized carbons (Fsp3) is 0.846. The van der Waals surface area contributed by atoms with Gasteiger partial charge in [0.15, 0.2) is 15.6 Å². The molecule has 0 N–H and O–H groups in total. The van der Waals surface area contributed by atoms with Crippen molar-refractivity contribution < 1.29 is 27.5 Å². The molecule has 0 unspecified atom stereocenters. The first-order chi connectivity index (χ1) is 9.16. The van der Waals surface area contributed by atoms with Gasteiger partial charge in [-0.2, -0.15) is 0 Å². The molecule has 0 radical (unpaired) electrons. The first-order valence-corrected chi connectivity index (χ1v) is 8.52. The van der Waals surface area contributed by atoms with E-state index in [1.165, 1.54) is 13.8 Å². The average Bonchev–Trinajstić information content (AvgIpc) is 2.61. The number of sulfone groups is 1. The van der Waals surface area contributed by atoms with Gasteiger partial charge in [0.05, 0.1) is 18.1 Å². The Morgan fingerprint density at radius 1 is 1.05 bits per heavy atom. The molecule has 0 aromatic rings. The Hall–Kier alpha value is -0.790. The zero-order valence-electron chi connectivity index (χ0n) is 11.8. The minimum atomic E-state index is -3.02. The van der Waals surface area contributed by atoms with Crippen molar-refractivity contribution in [3.8, 4) is 0 Å². The molecule has 2 aliphatic heterocycles. The maximum absolute atomic E-state index is 11.5. The number of ketones is 2. The largest absolute Gasteiger partial charge is 0.347 e. The van der Waals surface area contributed by atoms with Crippen LogP contribution in [0.25, 0.3) is 0 Å². The Morgan fingerprint density at radius 3 is 2.00 bits per heavy atom. The molecule has 2 heterocycles. The van der Waals surface area contributed by atoms with E-state index in [-0.39, 0.29) is 55.4 Å². The van der Waals surface area contributed by atoms with Gasteiger partial charge in [0.1, 0.15) is 17.2 Å². The lowest BCUT2D eigenvalue weighted by Gasteiger charge is -2.34. The van der Waals surface area contributed by atoms with E-state index in [0.717, 1.165) is 0 Å². The minimum Gasteiger partial charge on any atom is -0.347 e. The molecular weight excluding hydrogens is 284 g/mol. The lowest BCUT2D eigenvalue weighted by atomic mass is 9.92. The summed E-state index contributed by atoms with van der Waals surface area (Å²) in [5, 5.41) is 0. The summed E-state index contributed by atoms with van der Waals surface area (Å²) in [6.07, 6.45) is 0.738. The number of rotatable bonds is 4. The van der Waals surface area contributed by atoms with E-state index in [9.17, 15) is 18.0 Å². The summed E-state index contributed by atoms with van der Waals surface area (Å²) in [6, 6.07) is 0. The van der Waals surface area contributed by atoms with Crippen molar-refractivity contribution in [2.24, 2.45) is 0 Å². The molecule has 1 spiro atoms. The van der Waals surface area contributed by atoms with E-state index in [1.807, 2.05) is 0 Å². The van der Waals surface area contributed by atoms with Gasteiger partial charge in [0, 0.05) is 25.7 Å². The van der Waals surface area contributed by atoms with Crippen LogP contribution in [0.3, 0.4) is 0 Å². The molecule has 2 aliphatic rings. The van der Waals surface area contributed by atoms with Crippen molar-refractivity contribution in [2.75, 3.05) is 18.1 Å². The maximum Gasteiger partial charge on any atom is 0.171 e. The highest BCUT2D eigenvalue weighted by Crippen LogP contribution is 2.42. The second-order valence-corrected chi connectivity index (χ2v) is 8.20. The monoisotopic (exact) mass is 304 g/mol. The summed E-state index contributed by atoms with van der Waals surface area (Å²) in [5.74, 6) is -1.06. The fourth-order valence-corrected chi connectivity index (χ4v) is 4.40. The predicted octanol–water partition coefficient (Wildman–Crippen LogP) is 0.635. The van der Waals surface area contributed by atoms with Crippen molar-refractivity contribution in [3.63, 3.8) is 0 Å². The zero-order valence-corrected chi connectivity index (χ0v) is 12.6. The molecule has 0 amide bonds. The second-order valence-electron chi connectivity index (χ2n) is 5.89. The molecule has 0 bridgehead atoms. The van der Waals surface area contributed by atoms with Crippen LogP contribution in [-0.4, -0.2) is 49.5 Å². The second kappa shape index (κ2) is 5.20. The van der Waals surface area contributed by atoms with Gasteiger partial charge in [-0.15, -0.1) is 0 Å². The molecule has 0 atom stereocenters. The highest BCUT2D eigenvalue weighted by molar-refractivity contribution is 7.91. The van der Waals surface area contributed by atoms with Crippen LogP contribution >= 0.6 is 0 Å². The number of hydrogen-bond donors (Lipinski definition) is 0. The summed E-state index contributed by atoms with van der Waals surface area (Å²) in [6.45, 7) is 3.05. The number of hydrogen-bond acceptors (Lipinski definition) is 6. The standard InChI is InChI=1S/C13H20O6S/c1-10(14)7-12(8-11(2)15)9-18-13(19-12)3-5-20(16,17)6-4-13/h3-9H2,1-2H3. The van der Waals surface area contributed by atoms with E-state index in [1.54, 1.807) is 0 Å². The average molecular weight is 304 g/mol. The summed E-state index contributed by atoms with van der Waals surface area (Å²) in [4.78, 5) is 22.8. The van der Waals surface area contributed by atoms with E-state index < -0.39 is 21.2 Å². The van der Waals surface area contributed by atoms with Crippen molar-refractivity contribution >= 4 is 21.4 Å². The summed E-state index contributed by atoms with van der Waals surface area (Å²) in [5.41, 5.74) is -0.932. The van der Waals surface area contributed by atoms with Crippen molar-refractivity contribution in [1.29, 1.82) is 0 Å². The Bertz CT molecular complexity index is 491. The lowest BCUT2D eigenvalue weighted by molar-refractivity contribution is -0.194. The summed E-state index contributed by atoms with van der Waals surface area (Å²) < 4.78 is 34.6.